The van der Waals surface area contributed by atoms with Gasteiger partial charge in [-0.25, -0.2) is 9.59 Å². The lowest BCUT2D eigenvalue weighted by Crippen LogP contribution is -2.63. The molecule has 0 spiro atoms. The van der Waals surface area contributed by atoms with Gasteiger partial charge in [-0.05, 0) is 75.1 Å². The third-order valence-corrected chi connectivity index (χ3v) is 10.1. The van der Waals surface area contributed by atoms with Crippen LogP contribution in [0.3, 0.4) is 0 Å². The standard InChI is InChI=1S/C32H38O9/c1-4-38-29(37)41-32(26(35)18-40-27(36)19-39-22-8-6-5-7-9-22)15-13-24-23-11-10-20-16-21(33)12-14-30(20,2)28(23)25(34)17-31(24,32)3/h5-9,12,14,16,23-25,28,34H,4,10-11,13,15,17-19H2,1-3H3/t23-,24-,25?,28+,30-,31-,32-/m0/s1. The number of esters is 1. The van der Waals surface area contributed by atoms with E-state index in [1.54, 1.807) is 43.3 Å². The van der Waals surface area contributed by atoms with E-state index in [1.807, 2.05) is 19.1 Å². The predicted octanol–water partition coefficient (Wildman–Crippen LogP) is 4.37. The van der Waals surface area contributed by atoms with Crippen LogP contribution in [0.25, 0.3) is 0 Å². The molecule has 0 bridgehead atoms. The molecule has 0 aliphatic heterocycles. The molecule has 3 saturated carbocycles. The lowest BCUT2D eigenvalue weighted by atomic mass is 9.46. The van der Waals surface area contributed by atoms with Crippen molar-refractivity contribution in [3.05, 3.63) is 54.1 Å². The first-order chi connectivity index (χ1) is 19.5. The molecular formula is C32H38O9. The summed E-state index contributed by atoms with van der Waals surface area (Å²) in [6.45, 7) is 4.71. The van der Waals surface area contributed by atoms with Gasteiger partial charge in [0.2, 0.25) is 5.78 Å². The lowest BCUT2D eigenvalue weighted by molar-refractivity contribution is -0.186. The summed E-state index contributed by atoms with van der Waals surface area (Å²) in [5, 5.41) is 11.7. The first-order valence-corrected chi connectivity index (χ1v) is 14.4. The van der Waals surface area contributed by atoms with Crippen molar-refractivity contribution in [3.63, 3.8) is 0 Å². The van der Waals surface area contributed by atoms with Crippen molar-refractivity contribution in [1.29, 1.82) is 0 Å². The highest BCUT2D eigenvalue weighted by Gasteiger charge is 2.70. The summed E-state index contributed by atoms with van der Waals surface area (Å²) in [7, 11) is 0. The van der Waals surface area contributed by atoms with Crippen LogP contribution in [-0.4, -0.2) is 60.3 Å². The Labute approximate surface area is 239 Å². The Morgan fingerprint density at radius 3 is 2.54 bits per heavy atom. The van der Waals surface area contributed by atoms with Gasteiger partial charge in [-0.2, -0.15) is 0 Å². The van der Waals surface area contributed by atoms with Gasteiger partial charge in [0, 0.05) is 16.7 Å². The average molecular weight is 567 g/mol. The van der Waals surface area contributed by atoms with Crippen molar-refractivity contribution in [1.82, 2.24) is 0 Å². The quantitative estimate of drug-likeness (QED) is 0.457. The molecule has 4 aliphatic carbocycles. The fourth-order valence-corrected chi connectivity index (χ4v) is 8.25. The lowest BCUT2D eigenvalue weighted by Gasteiger charge is -2.59. The number of hydrogen-bond acceptors (Lipinski definition) is 9. The van der Waals surface area contributed by atoms with Gasteiger partial charge < -0.3 is 24.1 Å². The van der Waals surface area contributed by atoms with Gasteiger partial charge in [0.1, 0.15) is 5.75 Å². The Hall–Kier alpha value is -3.46. The Morgan fingerprint density at radius 2 is 1.80 bits per heavy atom. The third-order valence-electron chi connectivity index (χ3n) is 10.1. The van der Waals surface area contributed by atoms with E-state index < -0.39 is 47.0 Å². The van der Waals surface area contributed by atoms with Crippen LogP contribution in [0.5, 0.6) is 5.75 Å². The summed E-state index contributed by atoms with van der Waals surface area (Å²) < 4.78 is 21.7. The summed E-state index contributed by atoms with van der Waals surface area (Å²) in [5.41, 5.74) is -1.99. The summed E-state index contributed by atoms with van der Waals surface area (Å²) in [6, 6.07) is 8.77. The number of ether oxygens (including phenoxy) is 4. The molecule has 0 saturated heterocycles. The summed E-state index contributed by atoms with van der Waals surface area (Å²) >= 11 is 0. The number of aliphatic hydroxyl groups excluding tert-OH is 1. The number of ketones is 2. The smallest absolute Gasteiger partial charge is 0.482 e. The van der Waals surface area contributed by atoms with Gasteiger partial charge in [0.25, 0.3) is 0 Å². The Morgan fingerprint density at radius 1 is 1.05 bits per heavy atom. The highest BCUT2D eigenvalue weighted by atomic mass is 16.7. The molecule has 3 fully saturated rings. The molecule has 1 aromatic rings. The maximum atomic E-state index is 13.9. The van der Waals surface area contributed by atoms with Crippen molar-refractivity contribution >= 4 is 23.7 Å². The highest BCUT2D eigenvalue weighted by molar-refractivity contribution is 6.01. The van der Waals surface area contributed by atoms with Crippen molar-refractivity contribution in [3.8, 4) is 5.75 Å². The van der Waals surface area contributed by atoms with Gasteiger partial charge >= 0.3 is 12.1 Å². The molecule has 9 nitrogen and oxygen atoms in total. The topological polar surface area (TPSA) is 125 Å². The molecule has 1 unspecified atom stereocenters. The zero-order valence-electron chi connectivity index (χ0n) is 23.8. The second kappa shape index (κ2) is 11.1. The first kappa shape index (κ1) is 29.0. The van der Waals surface area contributed by atoms with E-state index in [0.717, 1.165) is 12.0 Å². The maximum absolute atomic E-state index is 13.9. The average Bonchev–Trinajstić information content (AvgIpc) is 3.23. The number of aliphatic hydroxyl groups is 1. The molecule has 5 rings (SSSR count). The molecule has 0 heterocycles. The van der Waals surface area contributed by atoms with Crippen LogP contribution in [0.4, 0.5) is 4.79 Å². The van der Waals surface area contributed by atoms with Crippen molar-refractivity contribution < 1.29 is 43.2 Å². The van der Waals surface area contributed by atoms with Crippen LogP contribution in [0.1, 0.15) is 52.9 Å². The molecule has 1 aromatic carbocycles. The fourth-order valence-electron chi connectivity index (χ4n) is 8.25. The molecule has 0 amide bonds. The van der Waals surface area contributed by atoms with Crippen LogP contribution in [-0.2, 0) is 28.6 Å². The van der Waals surface area contributed by atoms with Crippen LogP contribution in [0, 0.1) is 28.6 Å². The van der Waals surface area contributed by atoms with Crippen LogP contribution in [0.2, 0.25) is 0 Å². The second-order valence-corrected chi connectivity index (χ2v) is 12.0. The third kappa shape index (κ3) is 4.98. The number of para-hydroxylation sites is 1. The Bertz CT molecular complexity index is 1270. The summed E-state index contributed by atoms with van der Waals surface area (Å²) in [4.78, 5) is 51.2. The zero-order chi connectivity index (χ0) is 29.4. The van der Waals surface area contributed by atoms with E-state index in [2.05, 4.69) is 6.92 Å². The molecule has 220 valence electrons. The summed E-state index contributed by atoms with van der Waals surface area (Å²) in [6.07, 6.45) is 5.91. The van der Waals surface area contributed by atoms with Crippen LogP contribution < -0.4 is 4.74 Å². The van der Waals surface area contributed by atoms with Crippen molar-refractivity contribution in [2.24, 2.45) is 28.6 Å². The van der Waals surface area contributed by atoms with E-state index in [9.17, 15) is 24.3 Å². The largest absolute Gasteiger partial charge is 0.509 e. The minimum Gasteiger partial charge on any atom is -0.482 e. The van der Waals surface area contributed by atoms with E-state index in [-0.39, 0.29) is 49.6 Å². The summed E-state index contributed by atoms with van der Waals surface area (Å²) in [5.74, 6) is -0.974. The number of carbonyl (C=O) groups excluding carboxylic acids is 4. The number of fused-ring (bicyclic) bond motifs is 5. The molecule has 0 aromatic heterocycles. The molecule has 4 aliphatic rings. The van der Waals surface area contributed by atoms with Crippen LogP contribution >= 0.6 is 0 Å². The molecule has 0 radical (unpaired) electrons. The zero-order valence-corrected chi connectivity index (χ0v) is 23.8. The monoisotopic (exact) mass is 566 g/mol. The molecule has 1 N–H and O–H groups in total. The van der Waals surface area contributed by atoms with Crippen molar-refractivity contribution in [2.45, 2.75) is 64.6 Å². The fraction of sp³-hybridized carbons (Fsp3) is 0.562. The second-order valence-electron chi connectivity index (χ2n) is 12.0. The highest BCUT2D eigenvalue weighted by Crippen LogP contribution is 2.68. The number of Topliss-reactive ketones (excluding diaryl/α,β-unsaturated/α-hetero) is 1. The molecular weight excluding hydrogens is 528 g/mol. The first-order valence-electron chi connectivity index (χ1n) is 14.4. The van der Waals surface area contributed by atoms with Gasteiger partial charge in [-0.15, -0.1) is 0 Å². The van der Waals surface area contributed by atoms with E-state index in [1.165, 1.54) is 0 Å². The van der Waals surface area contributed by atoms with Gasteiger partial charge in [0.05, 0.1) is 12.7 Å². The van der Waals surface area contributed by atoms with E-state index in [0.29, 0.717) is 18.6 Å². The number of hydrogen-bond donors (Lipinski definition) is 1. The Kier molecular flexibility index (Phi) is 7.85. The van der Waals surface area contributed by atoms with E-state index >= 15 is 0 Å². The van der Waals surface area contributed by atoms with Crippen molar-refractivity contribution in [2.75, 3.05) is 19.8 Å². The molecule has 7 atom stereocenters. The van der Waals surface area contributed by atoms with Gasteiger partial charge in [0.15, 0.2) is 24.6 Å². The minimum atomic E-state index is -1.63. The SMILES string of the molecule is CCOC(=O)O[C@]1(C(=O)COC(=O)COc2ccccc2)CC[C@H]2[C@@H]3CCC4=CC(=O)C=C[C@]4(C)[C@H]3C(O)C[C@@]21C. The number of benzene rings is 1. The predicted molar refractivity (Wildman–Crippen MR) is 147 cm³/mol. The van der Waals surface area contributed by atoms with Gasteiger partial charge in [-0.3, -0.25) is 9.59 Å². The van der Waals surface area contributed by atoms with E-state index in [4.69, 9.17) is 18.9 Å². The molecule has 9 heteroatoms. The van der Waals surface area contributed by atoms with Gasteiger partial charge in [-0.1, -0.05) is 43.7 Å². The molecule has 41 heavy (non-hydrogen) atoms. The number of carbonyl (C=O) groups is 4. The Balaban J connectivity index is 1.38. The minimum absolute atomic E-state index is 0.0334. The number of rotatable bonds is 8. The number of allylic oxidation sites excluding steroid dienone is 4. The maximum Gasteiger partial charge on any atom is 0.509 e. The van der Waals surface area contributed by atoms with Crippen LogP contribution in [0.15, 0.2) is 54.1 Å². The normalized spacial score (nSPS) is 35.3.